The molecule has 0 fully saturated rings. The highest BCUT2D eigenvalue weighted by Crippen LogP contribution is 2.33. The first kappa shape index (κ1) is 50.6. The van der Waals surface area contributed by atoms with Crippen LogP contribution in [0, 0.1) is 23.7 Å². The van der Waals surface area contributed by atoms with Gasteiger partial charge in [-0.15, -0.1) is 11.3 Å². The van der Waals surface area contributed by atoms with Crippen molar-refractivity contribution in [3.05, 3.63) is 52.0 Å². The van der Waals surface area contributed by atoms with Crippen molar-refractivity contribution in [2.45, 2.75) is 145 Å². The highest BCUT2D eigenvalue weighted by Gasteiger charge is 2.39. The Morgan fingerprint density at radius 1 is 0.930 bits per heavy atom. The fourth-order valence-corrected chi connectivity index (χ4v) is 7.67. The highest BCUT2D eigenvalue weighted by molar-refractivity contribution is 7.09. The van der Waals surface area contributed by atoms with Crippen molar-refractivity contribution in [2.75, 3.05) is 14.1 Å². The van der Waals surface area contributed by atoms with Crippen LogP contribution in [0.15, 0.2) is 35.7 Å². The molecule has 3 amide bonds. The second-order valence-electron chi connectivity index (χ2n) is 16.3. The first-order chi connectivity index (χ1) is 26.6. The van der Waals surface area contributed by atoms with E-state index in [4.69, 9.17) is 19.1 Å². The summed E-state index contributed by atoms with van der Waals surface area (Å²) in [5.41, 5.74) is 0.658. The van der Waals surface area contributed by atoms with Crippen molar-refractivity contribution in [1.29, 1.82) is 0 Å². The van der Waals surface area contributed by atoms with Gasteiger partial charge in [0, 0.05) is 57.2 Å². The number of nitrogens with zero attached hydrogens (tertiary/aromatic N) is 3. The molecule has 2 rings (SSSR count). The third kappa shape index (κ3) is 16.9. The molecule has 1 heterocycles. The summed E-state index contributed by atoms with van der Waals surface area (Å²) in [5.74, 6) is -2.22. The lowest BCUT2D eigenvalue weighted by Crippen LogP contribution is -2.50. The second kappa shape index (κ2) is 24.4. The topological polar surface area (TPSA) is 169 Å². The third-order valence-corrected chi connectivity index (χ3v) is 10.8. The average molecular weight is 815 g/mol. The van der Waals surface area contributed by atoms with Gasteiger partial charge in [-0.1, -0.05) is 91.6 Å². The maximum atomic E-state index is 14.4. The Kier molecular flexibility index (Phi) is 21.6. The summed E-state index contributed by atoms with van der Waals surface area (Å²) < 4.78 is 11.4. The molecular weight excluding hydrogens is 749 g/mol. The largest absolute Gasteiger partial charge is 0.455 e. The number of hydrogen-bond acceptors (Lipinski definition) is 11. The maximum Gasteiger partial charge on any atom is 0.410 e. The number of carbonyl (C=O) groups is 5. The van der Waals surface area contributed by atoms with Crippen LogP contribution in [-0.2, 0) is 39.9 Å². The van der Waals surface area contributed by atoms with Gasteiger partial charge in [0.05, 0.1) is 6.04 Å². The van der Waals surface area contributed by atoms with E-state index in [1.54, 1.807) is 45.1 Å². The SMILES string of the molecule is CCC[C@H](Cc1ccccc1)NC(=O)c1csc([C@@H](C[C@H](C(C)C)N(C)C(=O)[C@@H](CC(=O)[C@H](C(C)C)N(C)C(=O)OC(C)(C)C)[C@@H](C)CC)OC(C)=O)n1.O=C=O. The van der Waals surface area contributed by atoms with Crippen LogP contribution < -0.4 is 5.32 Å². The van der Waals surface area contributed by atoms with Gasteiger partial charge in [0.15, 0.2) is 11.9 Å². The number of aromatic nitrogens is 1. The van der Waals surface area contributed by atoms with Gasteiger partial charge in [-0.25, -0.2) is 9.78 Å². The Balaban J connectivity index is 0.00000524. The number of rotatable bonds is 20. The highest BCUT2D eigenvalue weighted by atomic mass is 32.1. The summed E-state index contributed by atoms with van der Waals surface area (Å²) >= 11 is 1.24. The van der Waals surface area contributed by atoms with Crippen LogP contribution in [0.5, 0.6) is 0 Å². The monoisotopic (exact) mass is 814 g/mol. The number of ketones is 1. The number of ether oxygens (including phenoxy) is 2. The molecule has 6 atom stereocenters. The molecule has 0 unspecified atom stereocenters. The number of likely N-dealkylation sites (N-methyl/N-ethyl adjacent to an activating group) is 1. The fraction of sp³-hybridized carbons (Fsp3) is 0.651. The first-order valence-electron chi connectivity index (χ1n) is 19.8. The Morgan fingerprint density at radius 2 is 1.53 bits per heavy atom. The van der Waals surface area contributed by atoms with Crippen LogP contribution in [0.25, 0.3) is 0 Å². The Hall–Kier alpha value is -4.42. The van der Waals surface area contributed by atoms with E-state index in [1.807, 2.05) is 71.9 Å². The van der Waals surface area contributed by atoms with Gasteiger partial charge in [0.2, 0.25) is 5.91 Å². The molecule has 1 aromatic carbocycles. The normalized spacial score (nSPS) is 14.4. The molecule has 14 heteroatoms. The molecule has 0 aliphatic heterocycles. The minimum atomic E-state index is -0.802. The third-order valence-electron chi connectivity index (χ3n) is 9.83. The van der Waals surface area contributed by atoms with Gasteiger partial charge in [-0.2, -0.15) is 9.59 Å². The predicted octanol–water partition coefficient (Wildman–Crippen LogP) is 7.69. The number of carbonyl (C=O) groups excluding carboxylic acids is 7. The Labute approximate surface area is 343 Å². The molecular formula is C43H66N4O9S. The molecule has 0 aliphatic rings. The minimum Gasteiger partial charge on any atom is -0.455 e. The van der Waals surface area contributed by atoms with Crippen LogP contribution in [0.4, 0.5) is 4.79 Å². The van der Waals surface area contributed by atoms with E-state index in [0.717, 1.165) is 18.4 Å². The quantitative estimate of drug-likeness (QED) is 0.131. The number of thiazole rings is 1. The van der Waals surface area contributed by atoms with Crippen molar-refractivity contribution in [3.8, 4) is 0 Å². The summed E-state index contributed by atoms with van der Waals surface area (Å²) in [6, 6.07) is 8.79. The summed E-state index contributed by atoms with van der Waals surface area (Å²) in [6.07, 6.45) is 2.15. The van der Waals surface area contributed by atoms with Crippen molar-refractivity contribution >= 4 is 47.1 Å². The van der Waals surface area contributed by atoms with E-state index in [1.165, 1.54) is 23.2 Å². The van der Waals surface area contributed by atoms with Crippen LogP contribution in [0.2, 0.25) is 0 Å². The number of hydrogen-bond donors (Lipinski definition) is 1. The molecule has 13 nitrogen and oxygen atoms in total. The summed E-state index contributed by atoms with van der Waals surface area (Å²) in [5, 5.41) is 5.28. The lowest BCUT2D eigenvalue weighted by Gasteiger charge is -2.37. The predicted molar refractivity (Wildman–Crippen MR) is 219 cm³/mol. The van der Waals surface area contributed by atoms with Gasteiger partial charge >= 0.3 is 18.2 Å². The number of esters is 1. The molecule has 318 valence electrons. The molecule has 57 heavy (non-hydrogen) atoms. The van der Waals surface area contributed by atoms with Gasteiger partial charge in [-0.3, -0.25) is 19.2 Å². The molecule has 0 aliphatic carbocycles. The standard InChI is InChI=1S/C42H66N4O7S.CO2/c1-14-19-31(22-30-20-17-16-18-21-30)43-38(49)33-25-54-39(44-33)36(52-29(8)47)24-34(26(3)4)45(12)40(50)32(28(7)15-2)23-35(48)37(27(5)6)46(13)41(51)53-42(9,10)11;2-1-3/h16-18,20-21,25-28,31-32,34,36-37H,14-15,19,22-24H2,1-13H3,(H,43,49);/t28-,31+,32-,34+,36+,37-;/m0./s1. The number of benzene rings is 1. The van der Waals surface area contributed by atoms with Crippen molar-refractivity contribution in [2.24, 2.45) is 23.7 Å². The lowest BCUT2D eigenvalue weighted by molar-refractivity contribution is -0.191. The van der Waals surface area contributed by atoms with Gasteiger partial charge in [0.1, 0.15) is 16.3 Å². The molecule has 2 aromatic rings. The zero-order valence-electron chi connectivity index (χ0n) is 36.2. The number of amides is 3. The van der Waals surface area contributed by atoms with Gasteiger partial charge in [0.25, 0.3) is 5.91 Å². The van der Waals surface area contributed by atoms with Crippen molar-refractivity contribution < 1.29 is 43.0 Å². The number of nitrogens with one attached hydrogen (secondary N) is 1. The first-order valence-corrected chi connectivity index (χ1v) is 20.7. The number of Topliss-reactive ketones (excluding diaryl/α,β-unsaturated/α-hetero) is 1. The molecule has 0 radical (unpaired) electrons. The molecule has 0 saturated heterocycles. The van der Waals surface area contributed by atoms with E-state index >= 15 is 0 Å². The lowest BCUT2D eigenvalue weighted by atomic mass is 9.82. The zero-order valence-corrected chi connectivity index (χ0v) is 37.1. The van der Waals surface area contributed by atoms with Crippen LogP contribution >= 0.6 is 11.3 Å². The van der Waals surface area contributed by atoms with E-state index in [2.05, 4.69) is 17.2 Å². The summed E-state index contributed by atoms with van der Waals surface area (Å²) in [7, 11) is 3.29. The molecule has 1 N–H and O–H groups in total. The van der Waals surface area contributed by atoms with Crippen LogP contribution in [-0.4, -0.2) is 88.4 Å². The Morgan fingerprint density at radius 3 is 2.02 bits per heavy atom. The molecule has 0 bridgehead atoms. The van der Waals surface area contributed by atoms with Crippen LogP contribution in [0.3, 0.4) is 0 Å². The molecule has 0 spiro atoms. The maximum absolute atomic E-state index is 14.4. The molecule has 0 saturated carbocycles. The van der Waals surface area contributed by atoms with Gasteiger partial charge in [-0.05, 0) is 56.9 Å². The van der Waals surface area contributed by atoms with Crippen molar-refractivity contribution in [1.82, 2.24) is 20.1 Å². The second-order valence-corrected chi connectivity index (χ2v) is 17.2. The van der Waals surface area contributed by atoms with E-state index in [9.17, 15) is 24.0 Å². The molecule has 1 aromatic heterocycles. The Bertz CT molecular complexity index is 1620. The minimum absolute atomic E-state index is 0.0411. The van der Waals surface area contributed by atoms with Gasteiger partial charge < -0.3 is 24.6 Å². The van der Waals surface area contributed by atoms with Crippen LogP contribution in [0.1, 0.15) is 135 Å². The summed E-state index contributed by atoms with van der Waals surface area (Å²) in [6.45, 7) is 20.4. The van der Waals surface area contributed by atoms with Crippen molar-refractivity contribution in [3.63, 3.8) is 0 Å². The summed E-state index contributed by atoms with van der Waals surface area (Å²) in [4.78, 5) is 91.1. The van der Waals surface area contributed by atoms with E-state index < -0.39 is 41.8 Å². The smallest absolute Gasteiger partial charge is 0.410 e. The fourth-order valence-electron chi connectivity index (χ4n) is 6.83. The van der Waals surface area contributed by atoms with E-state index in [0.29, 0.717) is 17.8 Å². The van der Waals surface area contributed by atoms with E-state index in [-0.39, 0.29) is 66.1 Å². The average Bonchev–Trinajstić information content (AvgIpc) is 3.62. The zero-order chi connectivity index (χ0) is 43.6.